The Hall–Kier alpha value is -2.91. The molecule has 0 radical (unpaired) electrons. The van der Waals surface area contributed by atoms with Crippen LogP contribution in [0.3, 0.4) is 0 Å². The van der Waals surface area contributed by atoms with Gasteiger partial charge in [0.05, 0.1) is 5.56 Å². The molecule has 0 atom stereocenters. The van der Waals surface area contributed by atoms with Crippen LogP contribution in [0.25, 0.3) is 23.0 Å². The Bertz CT molecular complexity index is 1070. The number of fused-ring (bicyclic) bond motifs is 1. The van der Waals surface area contributed by atoms with Crippen molar-refractivity contribution in [2.75, 3.05) is 0 Å². The zero-order chi connectivity index (χ0) is 21.0. The van der Waals surface area contributed by atoms with Crippen LogP contribution in [-0.2, 0) is 25.6 Å². The third kappa shape index (κ3) is 3.47. The number of hydrogen-bond acceptors (Lipinski definition) is 6. The van der Waals surface area contributed by atoms with Crippen molar-refractivity contribution in [1.82, 2.24) is 24.9 Å². The zero-order valence-electron chi connectivity index (χ0n) is 16.2. The Morgan fingerprint density at radius 2 is 2.00 bits per heavy atom. The van der Waals surface area contributed by atoms with E-state index in [1.807, 2.05) is 11.6 Å². The molecule has 3 heterocycles. The van der Waals surface area contributed by atoms with Crippen LogP contribution in [0, 0.1) is 5.41 Å². The quantitative estimate of drug-likeness (QED) is 0.698. The Morgan fingerprint density at radius 3 is 2.69 bits per heavy atom. The van der Waals surface area contributed by atoms with E-state index in [4.69, 9.17) is 4.52 Å². The third-order valence-corrected chi connectivity index (χ3v) is 5.18. The van der Waals surface area contributed by atoms with Crippen molar-refractivity contribution in [2.45, 2.75) is 52.8 Å². The first-order valence-electron chi connectivity index (χ1n) is 9.29. The van der Waals surface area contributed by atoms with E-state index >= 15 is 0 Å². The summed E-state index contributed by atoms with van der Waals surface area (Å²) in [6.45, 7) is 7.04. The molecule has 3 aromatic heterocycles. The molecule has 0 spiro atoms. The summed E-state index contributed by atoms with van der Waals surface area (Å²) in [5.41, 5.74) is 1.12. The molecule has 4 rings (SSSR count). The van der Waals surface area contributed by atoms with Crippen molar-refractivity contribution in [3.8, 4) is 28.9 Å². The maximum atomic E-state index is 13.3. The monoisotopic (exact) mass is 407 g/mol. The molecule has 3 aromatic rings. The first kappa shape index (κ1) is 19.4. The standard InChI is InChI=1S/C19H20F3N5O2/c1-4-27-12-9-18(2,3)8-7-10(12)14(25-27)17-24-16(26-29-17)11-5-6-13(28)23-15(11)19(20,21)22/h5-6H,4,7-9H2,1-3H3,(H,23,28). The Morgan fingerprint density at radius 1 is 1.24 bits per heavy atom. The van der Waals surface area contributed by atoms with Gasteiger partial charge in [-0.1, -0.05) is 19.0 Å². The molecule has 0 bridgehead atoms. The summed E-state index contributed by atoms with van der Waals surface area (Å²) in [5, 5.41) is 17.7. The number of aromatic nitrogens is 5. The first-order chi connectivity index (χ1) is 13.6. The van der Waals surface area contributed by atoms with Crippen LogP contribution in [0.4, 0.5) is 13.2 Å². The van der Waals surface area contributed by atoms with Crippen molar-refractivity contribution < 1.29 is 22.8 Å². The highest BCUT2D eigenvalue weighted by Crippen LogP contribution is 2.40. The predicted octanol–water partition coefficient (Wildman–Crippen LogP) is 4.25. The predicted molar refractivity (Wildman–Crippen MR) is 96.9 cm³/mol. The fourth-order valence-corrected chi connectivity index (χ4v) is 3.71. The third-order valence-electron chi connectivity index (χ3n) is 5.18. The summed E-state index contributed by atoms with van der Waals surface area (Å²) in [4.78, 5) is 7.37. The van der Waals surface area contributed by atoms with Crippen LogP contribution in [0.15, 0.2) is 16.7 Å². The topological polar surface area (TPSA) is 89.9 Å². The largest absolute Gasteiger partial charge is 0.493 e. The van der Waals surface area contributed by atoms with Crippen LogP contribution in [0.2, 0.25) is 0 Å². The summed E-state index contributed by atoms with van der Waals surface area (Å²) in [6.07, 6.45) is -2.18. The molecule has 1 aliphatic rings. The van der Waals surface area contributed by atoms with Crippen molar-refractivity contribution >= 4 is 0 Å². The fraction of sp³-hybridized carbons (Fsp3) is 0.474. The van der Waals surface area contributed by atoms with Crippen molar-refractivity contribution in [3.05, 3.63) is 29.1 Å². The highest BCUT2D eigenvalue weighted by molar-refractivity contribution is 5.63. The number of pyridine rings is 1. The van der Waals surface area contributed by atoms with Crippen molar-refractivity contribution in [2.24, 2.45) is 5.41 Å². The lowest BCUT2D eigenvalue weighted by molar-refractivity contribution is -0.140. The number of aromatic hydroxyl groups is 1. The van der Waals surface area contributed by atoms with Crippen LogP contribution in [0.1, 0.15) is 44.1 Å². The van der Waals surface area contributed by atoms with Gasteiger partial charge in [0.1, 0.15) is 0 Å². The molecule has 29 heavy (non-hydrogen) atoms. The Balaban J connectivity index is 1.78. The minimum Gasteiger partial charge on any atom is -0.493 e. The van der Waals surface area contributed by atoms with Gasteiger partial charge in [-0.25, -0.2) is 4.98 Å². The van der Waals surface area contributed by atoms with Gasteiger partial charge in [-0.2, -0.15) is 23.3 Å². The molecule has 0 unspecified atom stereocenters. The second kappa shape index (κ2) is 6.57. The van der Waals surface area contributed by atoms with E-state index in [0.717, 1.165) is 42.7 Å². The average molecular weight is 407 g/mol. The van der Waals surface area contributed by atoms with Crippen molar-refractivity contribution in [3.63, 3.8) is 0 Å². The SMILES string of the molecule is CCn1nc(-c2nc(-c3ccc(O)nc3C(F)(F)F)no2)c2c1CC(C)(C)CC2. The van der Waals surface area contributed by atoms with Gasteiger partial charge >= 0.3 is 6.18 Å². The van der Waals surface area contributed by atoms with Gasteiger partial charge in [0.25, 0.3) is 5.89 Å². The molecule has 10 heteroatoms. The normalized spacial score (nSPS) is 16.1. The second-order valence-corrected chi connectivity index (χ2v) is 7.92. The maximum Gasteiger partial charge on any atom is 0.434 e. The highest BCUT2D eigenvalue weighted by atomic mass is 19.4. The van der Waals surface area contributed by atoms with Crippen LogP contribution < -0.4 is 0 Å². The Labute approximate surface area is 164 Å². The molecule has 1 N–H and O–H groups in total. The molecule has 154 valence electrons. The molecule has 7 nitrogen and oxygen atoms in total. The zero-order valence-corrected chi connectivity index (χ0v) is 16.2. The summed E-state index contributed by atoms with van der Waals surface area (Å²) in [7, 11) is 0. The lowest BCUT2D eigenvalue weighted by Gasteiger charge is -2.30. The lowest BCUT2D eigenvalue weighted by Crippen LogP contribution is -2.24. The van der Waals surface area contributed by atoms with Gasteiger partial charge < -0.3 is 9.63 Å². The van der Waals surface area contributed by atoms with Gasteiger partial charge in [-0.05, 0) is 37.7 Å². The Kier molecular flexibility index (Phi) is 4.39. The summed E-state index contributed by atoms with van der Waals surface area (Å²) in [6, 6.07) is 2.12. The number of nitrogens with zero attached hydrogens (tertiary/aromatic N) is 5. The molecule has 0 aromatic carbocycles. The number of alkyl halides is 3. The second-order valence-electron chi connectivity index (χ2n) is 7.92. The minimum atomic E-state index is -4.77. The van der Waals surface area contributed by atoms with Crippen LogP contribution in [0.5, 0.6) is 5.88 Å². The molecule has 1 aliphatic carbocycles. The van der Waals surface area contributed by atoms with Gasteiger partial charge in [-0.3, -0.25) is 4.68 Å². The number of aryl methyl sites for hydroxylation is 1. The molecule has 0 aliphatic heterocycles. The average Bonchev–Trinajstić information content (AvgIpc) is 3.24. The van der Waals surface area contributed by atoms with E-state index in [2.05, 4.69) is 34.1 Å². The van der Waals surface area contributed by atoms with E-state index in [0.29, 0.717) is 12.2 Å². The number of rotatable bonds is 3. The molecular formula is C19H20F3N5O2. The van der Waals surface area contributed by atoms with Crippen LogP contribution >= 0.6 is 0 Å². The smallest absolute Gasteiger partial charge is 0.434 e. The van der Waals surface area contributed by atoms with E-state index in [9.17, 15) is 18.3 Å². The molecule has 0 amide bonds. The van der Waals surface area contributed by atoms with Crippen LogP contribution in [-0.4, -0.2) is 30.0 Å². The van der Waals surface area contributed by atoms with Gasteiger partial charge in [0.2, 0.25) is 11.7 Å². The van der Waals surface area contributed by atoms with Gasteiger partial charge in [-0.15, -0.1) is 0 Å². The lowest BCUT2D eigenvalue weighted by atomic mass is 9.76. The number of halogens is 3. The molecule has 0 fully saturated rings. The summed E-state index contributed by atoms with van der Waals surface area (Å²) < 4.78 is 47.1. The van der Waals surface area contributed by atoms with E-state index in [-0.39, 0.29) is 22.7 Å². The number of hydrogen-bond donors (Lipinski definition) is 1. The van der Waals surface area contributed by atoms with E-state index in [1.54, 1.807) is 0 Å². The first-order valence-corrected chi connectivity index (χ1v) is 9.29. The summed E-state index contributed by atoms with van der Waals surface area (Å²) in [5.74, 6) is -0.914. The maximum absolute atomic E-state index is 13.3. The van der Waals surface area contributed by atoms with Gasteiger partial charge in [0.15, 0.2) is 11.4 Å². The van der Waals surface area contributed by atoms with E-state index < -0.39 is 17.8 Å². The minimum absolute atomic E-state index is 0.0735. The summed E-state index contributed by atoms with van der Waals surface area (Å²) >= 11 is 0. The molecular weight excluding hydrogens is 387 g/mol. The van der Waals surface area contributed by atoms with E-state index in [1.165, 1.54) is 0 Å². The molecule has 0 saturated carbocycles. The highest BCUT2D eigenvalue weighted by Gasteiger charge is 2.38. The van der Waals surface area contributed by atoms with Crippen molar-refractivity contribution in [1.29, 1.82) is 0 Å². The van der Waals surface area contributed by atoms with Gasteiger partial charge in [0, 0.05) is 23.9 Å². The fourth-order valence-electron chi connectivity index (χ4n) is 3.71. The molecule has 0 saturated heterocycles.